The highest BCUT2D eigenvalue weighted by Gasteiger charge is 2.57. The maximum absolute atomic E-state index is 12.8. The largest absolute Gasteiger partial charge is 0.481 e. The van der Waals surface area contributed by atoms with Crippen molar-refractivity contribution in [2.75, 3.05) is 19.7 Å². The summed E-state index contributed by atoms with van der Waals surface area (Å²) in [6, 6.07) is 15.5. The van der Waals surface area contributed by atoms with Crippen molar-refractivity contribution in [1.82, 2.24) is 10.2 Å². The standard InChI is InChI=1S/C25H26N2O5/c1-14(23(28)27-11-10-19-20(12-27)22(19)24(29)30)26-25(31)32-13-21-17-8-4-2-6-15(17)16-7-3-5-9-18(16)21/h2-9,14,19-22H,10-13H2,1H3,(H,26,31)(H,29,30)/t14-,19+,20-,22?/m1/s1. The molecule has 2 aliphatic carbocycles. The number of rotatable bonds is 5. The number of benzene rings is 2. The fourth-order valence-electron chi connectivity index (χ4n) is 5.46. The van der Waals surface area contributed by atoms with Gasteiger partial charge in [0.25, 0.3) is 0 Å². The summed E-state index contributed by atoms with van der Waals surface area (Å²) in [6.07, 6.45) is 0.0721. The summed E-state index contributed by atoms with van der Waals surface area (Å²) < 4.78 is 5.53. The Morgan fingerprint density at radius 1 is 1.06 bits per heavy atom. The van der Waals surface area contributed by atoms with Crippen LogP contribution in [0.25, 0.3) is 11.1 Å². The number of fused-ring (bicyclic) bond motifs is 4. The highest BCUT2D eigenvalue weighted by atomic mass is 16.5. The number of nitrogens with one attached hydrogen (secondary N) is 1. The molecule has 166 valence electrons. The Labute approximate surface area is 186 Å². The van der Waals surface area contributed by atoms with Crippen molar-refractivity contribution in [3.63, 3.8) is 0 Å². The average molecular weight is 434 g/mol. The van der Waals surface area contributed by atoms with Crippen LogP contribution in [0.15, 0.2) is 48.5 Å². The summed E-state index contributed by atoms with van der Waals surface area (Å²) in [5.74, 6) is -1.14. The number of nitrogens with zero attached hydrogens (tertiary/aromatic N) is 1. The number of carboxylic acid groups (broad SMARTS) is 1. The van der Waals surface area contributed by atoms with Gasteiger partial charge in [0.2, 0.25) is 5.91 Å². The van der Waals surface area contributed by atoms with Gasteiger partial charge in [-0.25, -0.2) is 4.79 Å². The fraction of sp³-hybridized carbons (Fsp3) is 0.400. The molecular formula is C25H26N2O5. The van der Waals surface area contributed by atoms with Crippen molar-refractivity contribution in [2.45, 2.75) is 25.3 Å². The van der Waals surface area contributed by atoms with Gasteiger partial charge in [-0.3, -0.25) is 9.59 Å². The maximum Gasteiger partial charge on any atom is 0.407 e. The number of ether oxygens (including phenoxy) is 1. The summed E-state index contributed by atoms with van der Waals surface area (Å²) in [6.45, 7) is 2.80. The lowest BCUT2D eigenvalue weighted by atomic mass is 9.98. The normalized spacial score (nSPS) is 24.0. The van der Waals surface area contributed by atoms with E-state index in [1.54, 1.807) is 11.8 Å². The predicted molar refractivity (Wildman–Crippen MR) is 117 cm³/mol. The Morgan fingerprint density at radius 2 is 1.69 bits per heavy atom. The highest BCUT2D eigenvalue weighted by molar-refractivity contribution is 5.86. The van der Waals surface area contributed by atoms with Gasteiger partial charge in [-0.1, -0.05) is 48.5 Å². The van der Waals surface area contributed by atoms with Crippen LogP contribution in [0.5, 0.6) is 0 Å². The Morgan fingerprint density at radius 3 is 2.31 bits per heavy atom. The molecule has 7 heteroatoms. The number of aliphatic carboxylic acids is 1. The molecule has 2 fully saturated rings. The van der Waals surface area contributed by atoms with Crippen LogP contribution in [0.1, 0.15) is 30.4 Å². The lowest BCUT2D eigenvalue weighted by Crippen LogP contribution is -2.49. The van der Waals surface area contributed by atoms with Crippen LogP contribution in [0.4, 0.5) is 4.79 Å². The second-order valence-electron chi connectivity index (χ2n) is 8.96. The van der Waals surface area contributed by atoms with Gasteiger partial charge in [-0.15, -0.1) is 0 Å². The lowest BCUT2D eigenvalue weighted by molar-refractivity contribution is -0.139. The van der Waals surface area contributed by atoms with Crippen molar-refractivity contribution >= 4 is 18.0 Å². The minimum atomic E-state index is -0.779. The van der Waals surface area contributed by atoms with Gasteiger partial charge in [-0.05, 0) is 47.4 Å². The molecule has 1 saturated carbocycles. The summed E-state index contributed by atoms with van der Waals surface area (Å²) in [7, 11) is 0. The van der Waals surface area contributed by atoms with E-state index in [0.29, 0.717) is 19.5 Å². The van der Waals surface area contributed by atoms with Crippen molar-refractivity contribution in [2.24, 2.45) is 17.8 Å². The van der Waals surface area contributed by atoms with E-state index in [4.69, 9.17) is 4.74 Å². The van der Waals surface area contributed by atoms with Crippen molar-refractivity contribution in [3.8, 4) is 11.1 Å². The number of piperidine rings is 1. The van der Waals surface area contributed by atoms with Gasteiger partial charge in [-0.2, -0.15) is 0 Å². The second kappa shape index (κ2) is 7.97. The molecule has 1 aliphatic heterocycles. The van der Waals surface area contributed by atoms with Gasteiger partial charge in [0.05, 0.1) is 5.92 Å². The van der Waals surface area contributed by atoms with E-state index >= 15 is 0 Å². The quantitative estimate of drug-likeness (QED) is 0.754. The number of carbonyl (C=O) groups is 3. The zero-order chi connectivity index (χ0) is 22.4. The number of hydrogen-bond donors (Lipinski definition) is 2. The molecule has 4 atom stereocenters. The number of amides is 2. The Bertz CT molecular complexity index is 1040. The molecular weight excluding hydrogens is 408 g/mol. The third kappa shape index (κ3) is 3.51. The first kappa shape index (κ1) is 20.5. The highest BCUT2D eigenvalue weighted by Crippen LogP contribution is 2.51. The Balaban J connectivity index is 1.17. The molecule has 0 spiro atoms. The second-order valence-corrected chi connectivity index (χ2v) is 8.96. The molecule has 3 aliphatic rings. The Hall–Kier alpha value is -3.35. The molecule has 2 aromatic carbocycles. The summed E-state index contributed by atoms with van der Waals surface area (Å²) in [4.78, 5) is 38.1. The van der Waals surface area contributed by atoms with E-state index in [9.17, 15) is 19.5 Å². The predicted octanol–water partition coefficient (Wildman–Crippen LogP) is 3.09. The summed E-state index contributed by atoms with van der Waals surface area (Å²) >= 11 is 0. The third-order valence-electron chi connectivity index (χ3n) is 7.14. The number of likely N-dealkylation sites (tertiary alicyclic amines) is 1. The average Bonchev–Trinajstić information content (AvgIpc) is 3.44. The molecule has 0 aromatic heterocycles. The van der Waals surface area contributed by atoms with Crippen LogP contribution in [0.2, 0.25) is 0 Å². The van der Waals surface area contributed by atoms with Crippen LogP contribution < -0.4 is 5.32 Å². The van der Waals surface area contributed by atoms with Crippen LogP contribution in [0, 0.1) is 17.8 Å². The minimum Gasteiger partial charge on any atom is -0.481 e. The zero-order valence-corrected chi connectivity index (χ0v) is 17.9. The first-order chi connectivity index (χ1) is 15.5. The number of carboxylic acids is 1. The maximum atomic E-state index is 12.8. The van der Waals surface area contributed by atoms with Gasteiger partial charge in [0, 0.05) is 19.0 Å². The topological polar surface area (TPSA) is 95.9 Å². The minimum absolute atomic E-state index is 0.0341. The van der Waals surface area contributed by atoms with E-state index in [1.807, 2.05) is 24.3 Å². The SMILES string of the molecule is C[C@@H](NC(=O)OCC1c2ccccc2-c2ccccc21)C(=O)N1CC[C@@H]2C(C(=O)O)[C@@H]2C1. The zero-order valence-electron chi connectivity index (χ0n) is 17.9. The van der Waals surface area contributed by atoms with E-state index in [0.717, 1.165) is 22.3 Å². The van der Waals surface area contributed by atoms with Crippen LogP contribution in [-0.4, -0.2) is 53.7 Å². The van der Waals surface area contributed by atoms with Crippen molar-refractivity contribution < 1.29 is 24.2 Å². The van der Waals surface area contributed by atoms with Crippen molar-refractivity contribution in [3.05, 3.63) is 59.7 Å². The first-order valence-corrected chi connectivity index (χ1v) is 11.1. The molecule has 1 saturated heterocycles. The molecule has 0 bridgehead atoms. The number of carbonyl (C=O) groups excluding carboxylic acids is 2. The van der Waals surface area contributed by atoms with Gasteiger partial charge in [0.15, 0.2) is 0 Å². The molecule has 0 radical (unpaired) electrons. The lowest BCUT2D eigenvalue weighted by Gasteiger charge is -2.29. The molecule has 2 amide bonds. The van der Waals surface area contributed by atoms with E-state index in [-0.39, 0.29) is 36.2 Å². The number of hydrogen-bond acceptors (Lipinski definition) is 4. The van der Waals surface area contributed by atoms with Crippen LogP contribution in [-0.2, 0) is 14.3 Å². The Kier molecular flexibility index (Phi) is 5.12. The van der Waals surface area contributed by atoms with Gasteiger partial charge in [0.1, 0.15) is 12.6 Å². The molecule has 7 nitrogen and oxygen atoms in total. The monoisotopic (exact) mass is 434 g/mol. The third-order valence-corrected chi connectivity index (χ3v) is 7.14. The summed E-state index contributed by atoms with van der Waals surface area (Å²) in [5, 5.41) is 11.9. The van der Waals surface area contributed by atoms with Gasteiger partial charge >= 0.3 is 12.1 Å². The molecule has 2 N–H and O–H groups in total. The smallest absolute Gasteiger partial charge is 0.407 e. The van der Waals surface area contributed by atoms with Gasteiger partial charge < -0.3 is 20.1 Å². The van der Waals surface area contributed by atoms with Crippen LogP contribution in [0.3, 0.4) is 0 Å². The summed E-state index contributed by atoms with van der Waals surface area (Å²) in [5.41, 5.74) is 4.57. The molecule has 32 heavy (non-hydrogen) atoms. The van der Waals surface area contributed by atoms with Crippen molar-refractivity contribution in [1.29, 1.82) is 0 Å². The van der Waals surface area contributed by atoms with E-state index < -0.39 is 18.1 Å². The molecule has 1 unspecified atom stereocenters. The molecule has 5 rings (SSSR count). The fourth-order valence-corrected chi connectivity index (χ4v) is 5.46. The first-order valence-electron chi connectivity index (χ1n) is 11.1. The molecule has 1 heterocycles. The van der Waals surface area contributed by atoms with Crippen LogP contribution >= 0.6 is 0 Å². The van der Waals surface area contributed by atoms with E-state index in [2.05, 4.69) is 29.6 Å². The molecule has 2 aromatic rings. The number of alkyl carbamates (subject to hydrolysis) is 1. The van der Waals surface area contributed by atoms with E-state index in [1.165, 1.54) is 0 Å².